The zero-order valence-electron chi connectivity index (χ0n) is 15.7. The molecule has 0 saturated carbocycles. The van der Waals surface area contributed by atoms with E-state index in [1.807, 2.05) is 19.5 Å². The van der Waals surface area contributed by atoms with Gasteiger partial charge in [0.2, 0.25) is 0 Å². The molecule has 0 radical (unpaired) electrons. The Bertz CT molecular complexity index is 724. The molecule has 1 atom stereocenters. The molecule has 1 aromatic carbocycles. The van der Waals surface area contributed by atoms with Crippen LogP contribution in [0.25, 0.3) is 0 Å². The van der Waals surface area contributed by atoms with E-state index in [1.165, 1.54) is 42.1 Å². The summed E-state index contributed by atoms with van der Waals surface area (Å²) >= 11 is 1.67. The van der Waals surface area contributed by atoms with Gasteiger partial charge in [-0.15, -0.1) is 35.3 Å². The molecule has 3 rings (SSSR count). The number of aromatic nitrogens is 1. The fourth-order valence-electron chi connectivity index (χ4n) is 3.11. The van der Waals surface area contributed by atoms with Crippen LogP contribution in [-0.4, -0.2) is 31.1 Å². The minimum absolute atomic E-state index is 0. The summed E-state index contributed by atoms with van der Waals surface area (Å²) in [5.74, 6) is 0.812. The summed E-state index contributed by atoms with van der Waals surface area (Å²) in [5.41, 5.74) is 5.57. The minimum atomic E-state index is 0. The Hall–Kier alpha value is -1.35. The Labute approximate surface area is 177 Å². The summed E-state index contributed by atoms with van der Waals surface area (Å²) in [5, 5.41) is 6.87. The monoisotopic (exact) mass is 485 g/mol. The summed E-state index contributed by atoms with van der Waals surface area (Å²) in [7, 11) is 1.81. The Morgan fingerprint density at radius 3 is 2.77 bits per heavy atom. The molecule has 1 aromatic heterocycles. The molecule has 1 unspecified atom stereocenters. The average Bonchev–Trinajstić information content (AvgIpc) is 3.30. The first-order valence-corrected chi connectivity index (χ1v) is 9.76. The quantitative estimate of drug-likeness (QED) is 0.381. The van der Waals surface area contributed by atoms with Crippen LogP contribution in [-0.2, 0) is 6.54 Å². The summed E-state index contributed by atoms with van der Waals surface area (Å²) in [4.78, 5) is 12.4. The zero-order chi connectivity index (χ0) is 17.6. The first-order chi connectivity index (χ1) is 12.2. The molecular weight excluding hydrogens is 457 g/mol. The van der Waals surface area contributed by atoms with Gasteiger partial charge < -0.3 is 15.5 Å². The van der Waals surface area contributed by atoms with Crippen molar-refractivity contribution in [2.75, 3.05) is 25.0 Å². The van der Waals surface area contributed by atoms with Crippen molar-refractivity contribution in [3.63, 3.8) is 0 Å². The van der Waals surface area contributed by atoms with E-state index in [4.69, 9.17) is 0 Å². The highest BCUT2D eigenvalue weighted by atomic mass is 127. The van der Waals surface area contributed by atoms with Gasteiger partial charge in [0.1, 0.15) is 0 Å². The van der Waals surface area contributed by atoms with Gasteiger partial charge in [-0.25, -0.2) is 4.98 Å². The van der Waals surface area contributed by atoms with Crippen LogP contribution in [0.1, 0.15) is 41.9 Å². The van der Waals surface area contributed by atoms with Gasteiger partial charge >= 0.3 is 0 Å². The molecule has 142 valence electrons. The molecular formula is C19H28IN5S. The molecule has 0 amide bonds. The van der Waals surface area contributed by atoms with Crippen LogP contribution in [0, 0.1) is 6.92 Å². The standard InChI is InChI=1S/C19H27N5S.HI/c1-14(16-7-6-8-17(11-16)24-9-4-5-10-24)23-19(20-3)21-12-18-15(2)22-13-25-18;/h6-8,11,13-14H,4-5,9-10,12H2,1-3H3,(H2,20,21,23);1H. The van der Waals surface area contributed by atoms with Crippen molar-refractivity contribution in [3.05, 3.63) is 45.9 Å². The van der Waals surface area contributed by atoms with Crippen molar-refractivity contribution in [2.24, 2.45) is 4.99 Å². The van der Waals surface area contributed by atoms with E-state index in [0.717, 1.165) is 18.2 Å². The lowest BCUT2D eigenvalue weighted by atomic mass is 10.1. The molecule has 2 aromatic rings. The van der Waals surface area contributed by atoms with Crippen LogP contribution in [0.4, 0.5) is 5.69 Å². The molecule has 26 heavy (non-hydrogen) atoms. The number of aryl methyl sites for hydroxylation is 1. The maximum absolute atomic E-state index is 4.35. The molecule has 2 N–H and O–H groups in total. The van der Waals surface area contributed by atoms with Gasteiger partial charge in [-0.3, -0.25) is 4.99 Å². The highest BCUT2D eigenvalue weighted by Gasteiger charge is 2.14. The van der Waals surface area contributed by atoms with Crippen molar-refractivity contribution in [1.82, 2.24) is 15.6 Å². The van der Waals surface area contributed by atoms with E-state index in [1.54, 1.807) is 11.3 Å². The Kier molecular flexibility index (Phi) is 8.15. The normalized spacial score (nSPS) is 15.5. The van der Waals surface area contributed by atoms with Gasteiger partial charge in [-0.2, -0.15) is 0 Å². The predicted octanol–water partition coefficient (Wildman–Crippen LogP) is 4.10. The topological polar surface area (TPSA) is 52.6 Å². The molecule has 7 heteroatoms. The van der Waals surface area contributed by atoms with E-state index in [9.17, 15) is 0 Å². The second-order valence-corrected chi connectivity index (χ2v) is 7.38. The summed E-state index contributed by atoms with van der Waals surface area (Å²) in [6, 6.07) is 9.03. The number of hydrogen-bond donors (Lipinski definition) is 2. The molecule has 1 saturated heterocycles. The molecule has 5 nitrogen and oxygen atoms in total. The lowest BCUT2D eigenvalue weighted by molar-refractivity contribution is 0.685. The molecule has 0 spiro atoms. The van der Waals surface area contributed by atoms with Crippen molar-refractivity contribution in [3.8, 4) is 0 Å². The third-order valence-electron chi connectivity index (χ3n) is 4.68. The SMILES string of the molecule is CN=C(NCc1scnc1C)NC(C)c1cccc(N2CCCC2)c1.I. The van der Waals surface area contributed by atoms with Crippen molar-refractivity contribution >= 4 is 47.0 Å². The van der Waals surface area contributed by atoms with Gasteiger partial charge in [-0.1, -0.05) is 12.1 Å². The Balaban J connectivity index is 0.00000243. The molecule has 1 fully saturated rings. The lowest BCUT2D eigenvalue weighted by Gasteiger charge is -2.22. The van der Waals surface area contributed by atoms with E-state index in [2.05, 4.69) is 56.7 Å². The van der Waals surface area contributed by atoms with E-state index >= 15 is 0 Å². The largest absolute Gasteiger partial charge is 0.372 e. The number of thiazole rings is 1. The van der Waals surface area contributed by atoms with Gasteiger partial charge in [0.05, 0.1) is 23.8 Å². The lowest BCUT2D eigenvalue weighted by Crippen LogP contribution is -2.38. The molecule has 1 aliphatic heterocycles. The van der Waals surface area contributed by atoms with Crippen LogP contribution >= 0.6 is 35.3 Å². The van der Waals surface area contributed by atoms with Crippen LogP contribution in [0.15, 0.2) is 34.8 Å². The zero-order valence-corrected chi connectivity index (χ0v) is 18.8. The second kappa shape index (κ2) is 10.1. The summed E-state index contributed by atoms with van der Waals surface area (Å²) in [6.07, 6.45) is 2.59. The number of aliphatic imine (C=N–C) groups is 1. The number of halogens is 1. The van der Waals surface area contributed by atoms with Crippen LogP contribution in [0.3, 0.4) is 0 Å². The molecule has 2 heterocycles. The average molecular weight is 485 g/mol. The third-order valence-corrected chi connectivity index (χ3v) is 5.61. The van der Waals surface area contributed by atoms with Crippen LogP contribution < -0.4 is 15.5 Å². The number of guanidine groups is 1. The van der Waals surface area contributed by atoms with Gasteiger partial charge in [0.25, 0.3) is 0 Å². The first kappa shape index (κ1) is 21.0. The van der Waals surface area contributed by atoms with Gasteiger partial charge in [0, 0.05) is 30.7 Å². The number of hydrogen-bond acceptors (Lipinski definition) is 4. The Morgan fingerprint density at radius 1 is 1.35 bits per heavy atom. The molecule has 0 bridgehead atoms. The number of nitrogens with one attached hydrogen (secondary N) is 2. The minimum Gasteiger partial charge on any atom is -0.372 e. The molecule has 0 aliphatic carbocycles. The fourth-order valence-corrected chi connectivity index (χ4v) is 3.83. The number of nitrogens with zero attached hydrogens (tertiary/aromatic N) is 3. The predicted molar refractivity (Wildman–Crippen MR) is 122 cm³/mol. The fraction of sp³-hybridized carbons (Fsp3) is 0.474. The third kappa shape index (κ3) is 5.33. The van der Waals surface area contributed by atoms with Crippen molar-refractivity contribution in [2.45, 2.75) is 39.3 Å². The summed E-state index contributed by atoms with van der Waals surface area (Å²) < 4.78 is 0. The van der Waals surface area contributed by atoms with E-state index in [0.29, 0.717) is 0 Å². The molecule has 1 aliphatic rings. The van der Waals surface area contributed by atoms with Gasteiger partial charge in [0.15, 0.2) is 5.96 Å². The second-order valence-electron chi connectivity index (χ2n) is 6.44. The smallest absolute Gasteiger partial charge is 0.191 e. The highest BCUT2D eigenvalue weighted by Crippen LogP contribution is 2.24. The number of rotatable bonds is 5. The van der Waals surface area contributed by atoms with Gasteiger partial charge in [-0.05, 0) is 44.4 Å². The van der Waals surface area contributed by atoms with Crippen molar-refractivity contribution < 1.29 is 0 Å². The van der Waals surface area contributed by atoms with E-state index in [-0.39, 0.29) is 30.0 Å². The maximum atomic E-state index is 4.35. The highest BCUT2D eigenvalue weighted by molar-refractivity contribution is 14.0. The number of benzene rings is 1. The number of anilines is 1. The summed E-state index contributed by atoms with van der Waals surface area (Å²) in [6.45, 7) is 7.30. The van der Waals surface area contributed by atoms with Crippen LogP contribution in [0.5, 0.6) is 0 Å². The van der Waals surface area contributed by atoms with Crippen LogP contribution in [0.2, 0.25) is 0 Å². The van der Waals surface area contributed by atoms with E-state index < -0.39 is 0 Å². The Morgan fingerprint density at radius 2 is 2.12 bits per heavy atom. The maximum Gasteiger partial charge on any atom is 0.191 e. The van der Waals surface area contributed by atoms with Crippen molar-refractivity contribution in [1.29, 1.82) is 0 Å². The first-order valence-electron chi connectivity index (χ1n) is 8.88.